The molecule has 0 radical (unpaired) electrons. The normalized spacial score (nSPS) is 10.3. The standard InChI is InChI=1S/2C13H13P.2C9H8N3.C8H4F3N4.C8H7N4.2C7H9P.2Os/c2*1-14(12-8-4-2-5-9-12)13-10-6-3-7-11-13;2*1-7-6-9(12-11-7)8-4-2-3-5-10-8;9-8(10,11)7-13-6(14-15-7)5-3-1-2-4-12-5;1-6-10-8(12-11-6)7-4-2-3-5-9-7;2*1-8-7-5-3-2-4-6-7;;/h2*2-11H,1H3;2*2-6H,1H3;1-4H;2-5H,1H3;2*2-6,8H,1H3;;/q;;4*-1;;;2*+2/p+2. The van der Waals surface area contributed by atoms with Crippen LogP contribution in [0.15, 0.2) is 292 Å². The van der Waals surface area contributed by atoms with Crippen LogP contribution in [0.2, 0.25) is 0 Å². The Bertz CT molecular complexity index is 3900. The van der Waals surface area contributed by atoms with Crippen molar-refractivity contribution < 1.29 is 52.8 Å². The minimum atomic E-state index is -4.57. The van der Waals surface area contributed by atoms with E-state index in [-0.39, 0.29) is 51.1 Å². The van der Waals surface area contributed by atoms with Crippen molar-refractivity contribution in [2.24, 2.45) is 0 Å². The van der Waals surface area contributed by atoms with E-state index in [0.717, 1.165) is 57.0 Å². The van der Waals surface area contributed by atoms with Crippen LogP contribution in [-0.4, -0.2) is 77.0 Å². The van der Waals surface area contributed by atoms with Gasteiger partial charge in [-0.1, -0.05) is 198 Å². The smallest absolute Gasteiger partial charge is 0.574 e. The maximum absolute atomic E-state index is 12.1. The molecule has 2 atom stereocenters. The summed E-state index contributed by atoms with van der Waals surface area (Å²) in [7, 11) is 0.771. The number of rotatable bonds is 10. The van der Waals surface area contributed by atoms with Crippen LogP contribution in [0.1, 0.15) is 23.0 Å². The summed E-state index contributed by atoms with van der Waals surface area (Å²) in [4.78, 5) is 23.6. The predicted octanol–water partition coefficient (Wildman–Crippen LogP) is 13.3. The molecule has 2 unspecified atom stereocenters. The van der Waals surface area contributed by atoms with Crippen molar-refractivity contribution in [1.82, 2.24) is 70.7 Å². The minimum Gasteiger partial charge on any atom is -0.574 e. The van der Waals surface area contributed by atoms with Gasteiger partial charge in [0, 0.05) is 53.4 Å². The summed E-state index contributed by atoms with van der Waals surface area (Å²) >= 11 is 0. The quantitative estimate of drug-likeness (QED) is 0.118. The van der Waals surface area contributed by atoms with Crippen molar-refractivity contribution in [2.75, 3.05) is 26.7 Å². The average molecular weight is 1720 g/mol. The molecule has 97 heavy (non-hydrogen) atoms. The molecule has 14 aromatic rings. The van der Waals surface area contributed by atoms with Crippen molar-refractivity contribution in [3.63, 3.8) is 0 Å². The summed E-state index contributed by atoms with van der Waals surface area (Å²) in [5.41, 5.74) is 6.31. The molecule has 0 aliphatic heterocycles. The van der Waals surface area contributed by atoms with E-state index in [2.05, 4.69) is 267 Å². The monoisotopic (exact) mass is 1720 g/mol. The summed E-state index contributed by atoms with van der Waals surface area (Å²) in [6, 6.07) is 89.7. The Morgan fingerprint density at radius 1 is 0.340 bits per heavy atom. The van der Waals surface area contributed by atoms with Crippen LogP contribution in [-0.2, 0) is 45.8 Å². The van der Waals surface area contributed by atoms with Gasteiger partial charge < -0.3 is 40.6 Å². The van der Waals surface area contributed by atoms with E-state index in [1.807, 2.05) is 92.7 Å². The van der Waals surface area contributed by atoms with Crippen molar-refractivity contribution in [2.45, 2.75) is 26.9 Å². The molecule has 0 saturated heterocycles. The summed E-state index contributed by atoms with van der Waals surface area (Å²) in [6.07, 6.45) is 2.08. The van der Waals surface area contributed by atoms with Crippen LogP contribution in [0.4, 0.5) is 13.2 Å². The van der Waals surface area contributed by atoms with Crippen LogP contribution < -0.4 is 52.2 Å². The first-order valence-corrected chi connectivity index (χ1v) is 37.0. The molecule has 0 amide bonds. The Labute approximate surface area is 598 Å². The zero-order chi connectivity index (χ0) is 67.3. The maximum atomic E-state index is 12.1. The van der Waals surface area contributed by atoms with Crippen LogP contribution in [0.5, 0.6) is 0 Å². The van der Waals surface area contributed by atoms with E-state index < -0.39 is 27.8 Å². The number of aryl methyl sites for hydroxylation is 3. The molecule has 0 N–H and O–H groups in total. The third-order valence-corrected chi connectivity index (χ3v) is 19.8. The Balaban J connectivity index is 0.000000201. The molecule has 0 spiro atoms. The second-order valence-electron chi connectivity index (χ2n) is 20.2. The molecule has 8 heterocycles. The Kier molecular flexibility index (Phi) is 36.1. The molecule has 0 saturated carbocycles. The van der Waals surface area contributed by atoms with Gasteiger partial charge >= 0.3 is 45.8 Å². The van der Waals surface area contributed by atoms with E-state index in [1.54, 1.807) is 37.6 Å². The maximum Gasteiger partial charge on any atom is 2.00 e. The summed E-state index contributed by atoms with van der Waals surface area (Å²) in [6.45, 7) is 14.7. The first-order valence-electron chi connectivity index (χ1n) is 30.0. The number of hydrogen-bond acceptors (Lipinski definition) is 10. The van der Waals surface area contributed by atoms with Gasteiger partial charge in [-0.05, 0) is 153 Å². The van der Waals surface area contributed by atoms with E-state index >= 15 is 0 Å². The van der Waals surface area contributed by atoms with E-state index in [9.17, 15) is 13.2 Å². The molecule has 6 aromatic carbocycles. The fourth-order valence-electron chi connectivity index (χ4n) is 8.24. The molecule has 494 valence electrons. The van der Waals surface area contributed by atoms with Gasteiger partial charge in [0.05, 0.1) is 61.8 Å². The molecule has 14 nitrogen and oxygen atoms in total. The van der Waals surface area contributed by atoms with Crippen LogP contribution >= 0.6 is 33.0 Å². The van der Waals surface area contributed by atoms with Gasteiger partial charge in [0.25, 0.3) is 0 Å². The predicted molar refractivity (Wildman–Crippen MR) is 391 cm³/mol. The van der Waals surface area contributed by atoms with Gasteiger partial charge in [-0.2, -0.15) is 13.2 Å². The second-order valence-corrected chi connectivity index (χ2v) is 27.2. The van der Waals surface area contributed by atoms with E-state index in [4.69, 9.17) is 0 Å². The van der Waals surface area contributed by atoms with E-state index in [0.29, 0.717) is 11.6 Å². The van der Waals surface area contributed by atoms with Gasteiger partial charge in [-0.15, -0.1) is 0 Å². The molecule has 23 heteroatoms. The van der Waals surface area contributed by atoms with Gasteiger partial charge in [0.2, 0.25) is 0 Å². The Hall–Kier alpha value is -8.60. The fourth-order valence-corrected chi connectivity index (χ4v) is 12.7. The van der Waals surface area contributed by atoms with Crippen molar-refractivity contribution in [3.05, 3.63) is 315 Å². The largest absolute Gasteiger partial charge is 2.00 e. The topological polar surface area (TPSA) is 185 Å². The zero-order valence-corrected chi connectivity index (χ0v) is 63.4. The number of alkyl halides is 3. The second kappa shape index (κ2) is 44.3. The fraction of sp³-hybridized carbons (Fsp3) is 0.108. The van der Waals surface area contributed by atoms with E-state index in [1.165, 1.54) is 44.1 Å². The first kappa shape index (κ1) is 79.1. The number of aromatic nitrogens is 14. The summed E-state index contributed by atoms with van der Waals surface area (Å²) in [5, 5.41) is 38.4. The molecule has 0 aliphatic carbocycles. The molecule has 0 aliphatic rings. The summed E-state index contributed by atoms with van der Waals surface area (Å²) < 4.78 is 36.4. The molecule has 14 rings (SSSR count). The number of nitrogens with zero attached hydrogens (tertiary/aromatic N) is 14. The van der Waals surface area contributed by atoms with Crippen LogP contribution in [0, 0.1) is 20.8 Å². The van der Waals surface area contributed by atoms with Crippen molar-refractivity contribution >= 4 is 64.8 Å². The molecular weight excluding hydrogens is 1650 g/mol. The molecule has 0 bridgehead atoms. The third-order valence-electron chi connectivity index (χ3n) is 13.2. The molecule has 0 fully saturated rings. The zero-order valence-electron chi connectivity index (χ0n) is 54.3. The molecular formula is C74H73F3N14Os2P4+2. The number of benzene rings is 6. The number of pyridine rings is 4. The molecule has 8 aromatic heterocycles. The van der Waals surface area contributed by atoms with Crippen molar-refractivity contribution in [3.8, 4) is 45.8 Å². The Morgan fingerprint density at radius 3 is 0.866 bits per heavy atom. The van der Waals surface area contributed by atoms with Crippen LogP contribution in [0.25, 0.3) is 45.8 Å². The van der Waals surface area contributed by atoms with Gasteiger partial charge in [-0.3, -0.25) is 30.1 Å². The average Bonchev–Trinajstić information content (AvgIpc) is 1.76. The summed E-state index contributed by atoms with van der Waals surface area (Å²) in [5.74, 6) is -0.102. The minimum absolute atomic E-state index is 0. The first-order chi connectivity index (χ1) is 46.3. The van der Waals surface area contributed by atoms with Gasteiger partial charge in [0.1, 0.15) is 5.82 Å². The van der Waals surface area contributed by atoms with Crippen molar-refractivity contribution in [1.29, 1.82) is 0 Å². The number of hydrogen-bond donors (Lipinski definition) is 0. The van der Waals surface area contributed by atoms with Gasteiger partial charge in [-0.25, -0.2) is 0 Å². The SMILES string of the molecule is CPc1ccccc1.CPc1ccccc1.C[PH+](c1ccccc1)c1ccccc1.C[PH+](c1ccccc1)c1ccccc1.Cc1cc(-c2ccccn2)[n-]n1.Cc1cc(-c2ccccn2)[n-]n1.Cc1n[n-]c(-c2ccccn2)n1.FC(F)(F)c1n[n-]c(-c2ccccn2)n1.[Os+2].[Os+2]. The van der Waals surface area contributed by atoms with Gasteiger partial charge in [0.15, 0.2) is 0 Å². The third kappa shape index (κ3) is 28.6. The number of halogens is 3. The van der Waals surface area contributed by atoms with Crippen LogP contribution in [0.3, 0.4) is 0 Å². The Morgan fingerprint density at radius 2 is 0.629 bits per heavy atom.